The lowest BCUT2D eigenvalue weighted by Gasteiger charge is -2.32. The van der Waals surface area contributed by atoms with E-state index in [1.807, 2.05) is 40.2 Å². The minimum atomic E-state index is -0.0818. The Labute approximate surface area is 194 Å². The molecule has 6 rings (SSSR count). The smallest absolute Gasteiger partial charge is 0.256 e. The van der Waals surface area contributed by atoms with Crippen molar-refractivity contribution in [3.63, 3.8) is 0 Å². The van der Waals surface area contributed by atoms with Gasteiger partial charge in [0.05, 0.1) is 23.2 Å². The first-order valence-corrected chi connectivity index (χ1v) is 11.2. The van der Waals surface area contributed by atoms with E-state index in [4.69, 9.17) is 16.6 Å². The van der Waals surface area contributed by atoms with Crippen molar-refractivity contribution in [3.8, 4) is 11.4 Å². The first-order chi connectivity index (χ1) is 16.2. The molecule has 0 bridgehead atoms. The summed E-state index contributed by atoms with van der Waals surface area (Å²) in [5.41, 5.74) is 3.30. The molecule has 5 heterocycles. The number of H-pyrrole nitrogens is 1. The number of hydrogen-bond acceptors (Lipinski definition) is 5. The van der Waals surface area contributed by atoms with E-state index in [1.54, 1.807) is 24.5 Å². The predicted molar refractivity (Wildman–Crippen MR) is 126 cm³/mol. The van der Waals surface area contributed by atoms with Crippen molar-refractivity contribution in [1.29, 1.82) is 0 Å². The Hall–Kier alpha value is -3.78. The van der Waals surface area contributed by atoms with Gasteiger partial charge in [0, 0.05) is 48.1 Å². The number of benzene rings is 1. The Bertz CT molecular complexity index is 1480. The van der Waals surface area contributed by atoms with Crippen LogP contribution in [0.4, 0.5) is 0 Å². The molecule has 1 saturated heterocycles. The molecule has 9 heteroatoms. The zero-order valence-corrected chi connectivity index (χ0v) is 18.4. The van der Waals surface area contributed by atoms with Crippen molar-refractivity contribution in [2.45, 2.75) is 18.9 Å². The molecular weight excluding hydrogens is 438 g/mol. The quantitative estimate of drug-likeness (QED) is 0.403. The third-order valence-electron chi connectivity index (χ3n) is 6.23. The molecule has 4 aromatic heterocycles. The van der Waals surface area contributed by atoms with Crippen molar-refractivity contribution in [1.82, 2.24) is 34.6 Å². The van der Waals surface area contributed by atoms with E-state index in [-0.39, 0.29) is 17.1 Å². The van der Waals surface area contributed by atoms with Gasteiger partial charge >= 0.3 is 0 Å². The van der Waals surface area contributed by atoms with Crippen molar-refractivity contribution >= 4 is 39.4 Å². The molecule has 0 aliphatic carbocycles. The van der Waals surface area contributed by atoms with Gasteiger partial charge in [-0.15, -0.1) is 0 Å². The second-order valence-electron chi connectivity index (χ2n) is 8.21. The van der Waals surface area contributed by atoms with E-state index >= 15 is 0 Å². The first kappa shape index (κ1) is 19.9. The van der Waals surface area contributed by atoms with Gasteiger partial charge in [0.25, 0.3) is 5.91 Å². The molecule has 8 nitrogen and oxygen atoms in total. The van der Waals surface area contributed by atoms with E-state index in [9.17, 15) is 4.79 Å². The number of hydrogen-bond donors (Lipinski definition) is 1. The fourth-order valence-corrected chi connectivity index (χ4v) is 4.66. The third-order valence-corrected chi connectivity index (χ3v) is 6.53. The molecule has 1 fully saturated rings. The zero-order chi connectivity index (χ0) is 22.4. The van der Waals surface area contributed by atoms with Crippen LogP contribution in [0.15, 0.2) is 61.2 Å². The highest BCUT2D eigenvalue weighted by Crippen LogP contribution is 2.28. The lowest BCUT2D eigenvalue weighted by Crippen LogP contribution is -2.39. The van der Waals surface area contributed by atoms with Crippen LogP contribution in [-0.4, -0.2) is 53.6 Å². The highest BCUT2D eigenvalue weighted by atomic mass is 35.5. The molecule has 5 aromatic rings. The Balaban J connectivity index is 1.25. The lowest BCUT2D eigenvalue weighted by molar-refractivity contribution is 0.0691. The summed E-state index contributed by atoms with van der Waals surface area (Å²) in [6.45, 7) is 1.25. The number of carbonyl (C=O) groups excluding carboxylic acids is 1. The number of piperidine rings is 1. The molecule has 0 saturated carbocycles. The van der Waals surface area contributed by atoms with Crippen LogP contribution in [0, 0.1) is 0 Å². The largest absolute Gasteiger partial charge is 0.361 e. The number of likely N-dealkylation sites (tertiary alicyclic amines) is 1. The summed E-state index contributed by atoms with van der Waals surface area (Å²) in [4.78, 5) is 31.3. The van der Waals surface area contributed by atoms with Crippen LogP contribution in [0.3, 0.4) is 0 Å². The minimum Gasteiger partial charge on any atom is -0.361 e. The van der Waals surface area contributed by atoms with Crippen LogP contribution < -0.4 is 0 Å². The SMILES string of the molecule is O=C(c1cccnc1Cl)N1CCC(n2ncc3cnc(-c4ccc5[nH]ccc5c4)nc32)CC1. The minimum absolute atomic E-state index is 0.0818. The summed E-state index contributed by atoms with van der Waals surface area (Å²) in [6, 6.07) is 11.8. The number of nitrogens with zero attached hydrogens (tertiary/aromatic N) is 6. The zero-order valence-electron chi connectivity index (χ0n) is 17.6. The van der Waals surface area contributed by atoms with Crippen molar-refractivity contribution in [3.05, 3.63) is 71.9 Å². The number of nitrogens with one attached hydrogen (secondary N) is 1. The van der Waals surface area contributed by atoms with Gasteiger partial charge in [-0.3, -0.25) is 4.79 Å². The summed E-state index contributed by atoms with van der Waals surface area (Å²) >= 11 is 6.12. The summed E-state index contributed by atoms with van der Waals surface area (Å²) in [6.07, 6.45) is 8.71. The normalized spacial score (nSPS) is 14.9. The van der Waals surface area contributed by atoms with E-state index < -0.39 is 0 Å². The monoisotopic (exact) mass is 457 g/mol. The Morgan fingerprint density at radius 2 is 1.94 bits per heavy atom. The molecule has 0 radical (unpaired) electrons. The van der Waals surface area contributed by atoms with Gasteiger partial charge in [-0.05, 0) is 49.2 Å². The van der Waals surface area contributed by atoms with Crippen molar-refractivity contribution in [2.24, 2.45) is 0 Å². The highest BCUT2D eigenvalue weighted by molar-refractivity contribution is 6.32. The second kappa shape index (κ2) is 7.97. The number of amides is 1. The highest BCUT2D eigenvalue weighted by Gasteiger charge is 2.27. The fraction of sp³-hybridized carbons (Fsp3) is 0.208. The van der Waals surface area contributed by atoms with E-state index in [0.717, 1.165) is 40.3 Å². The summed E-state index contributed by atoms with van der Waals surface area (Å²) in [5.74, 6) is 0.591. The standard InChI is InChI=1S/C24H20ClN7O/c25-21-19(2-1-8-27-21)24(33)31-10-6-18(7-11-31)32-23-17(14-29-32)13-28-22(30-23)16-3-4-20-15(12-16)5-9-26-20/h1-5,8-9,12-14,18,26H,6-7,10-11H2. The van der Waals surface area contributed by atoms with Crippen LogP contribution >= 0.6 is 11.6 Å². The summed E-state index contributed by atoms with van der Waals surface area (Å²) in [5, 5.41) is 6.88. The van der Waals surface area contributed by atoms with Gasteiger partial charge in [-0.1, -0.05) is 11.6 Å². The van der Waals surface area contributed by atoms with E-state index in [0.29, 0.717) is 24.5 Å². The molecule has 0 atom stereocenters. The topological polar surface area (TPSA) is 92.6 Å². The molecule has 0 unspecified atom stereocenters. The maximum atomic E-state index is 12.9. The van der Waals surface area contributed by atoms with Gasteiger partial charge < -0.3 is 9.88 Å². The Morgan fingerprint density at radius 3 is 2.79 bits per heavy atom. The lowest BCUT2D eigenvalue weighted by atomic mass is 10.0. The average molecular weight is 458 g/mol. The Kier molecular flexibility index (Phi) is 4.80. The van der Waals surface area contributed by atoms with E-state index in [2.05, 4.69) is 26.1 Å². The number of pyridine rings is 1. The number of aromatic nitrogens is 6. The summed E-state index contributed by atoms with van der Waals surface area (Å²) < 4.78 is 1.98. The van der Waals surface area contributed by atoms with Crippen LogP contribution in [0.25, 0.3) is 33.3 Å². The number of halogens is 1. The van der Waals surface area contributed by atoms with Crippen LogP contribution in [0.1, 0.15) is 29.2 Å². The first-order valence-electron chi connectivity index (χ1n) is 10.8. The molecule has 33 heavy (non-hydrogen) atoms. The molecule has 1 N–H and O–H groups in total. The number of rotatable bonds is 3. The van der Waals surface area contributed by atoms with Gasteiger partial charge in [0.2, 0.25) is 0 Å². The maximum absolute atomic E-state index is 12.9. The van der Waals surface area contributed by atoms with Crippen molar-refractivity contribution in [2.75, 3.05) is 13.1 Å². The summed E-state index contributed by atoms with van der Waals surface area (Å²) in [7, 11) is 0. The molecule has 1 aliphatic heterocycles. The van der Waals surface area contributed by atoms with Crippen LogP contribution in [0.2, 0.25) is 5.15 Å². The number of aromatic amines is 1. The molecule has 1 aliphatic rings. The average Bonchev–Trinajstić information content (AvgIpc) is 3.50. The number of carbonyl (C=O) groups is 1. The maximum Gasteiger partial charge on any atom is 0.256 e. The van der Waals surface area contributed by atoms with Crippen LogP contribution in [0.5, 0.6) is 0 Å². The van der Waals surface area contributed by atoms with Crippen LogP contribution in [-0.2, 0) is 0 Å². The van der Waals surface area contributed by atoms with Gasteiger partial charge in [-0.25, -0.2) is 19.6 Å². The molecule has 1 amide bonds. The second-order valence-corrected chi connectivity index (χ2v) is 8.56. The van der Waals surface area contributed by atoms with Gasteiger partial charge in [-0.2, -0.15) is 5.10 Å². The van der Waals surface area contributed by atoms with E-state index in [1.165, 1.54) is 0 Å². The fourth-order valence-electron chi connectivity index (χ4n) is 4.46. The van der Waals surface area contributed by atoms with Gasteiger partial charge in [0.15, 0.2) is 11.5 Å². The Morgan fingerprint density at radius 1 is 1.06 bits per heavy atom. The van der Waals surface area contributed by atoms with Crippen molar-refractivity contribution < 1.29 is 4.79 Å². The molecule has 164 valence electrons. The molecule has 1 aromatic carbocycles. The molecular formula is C24H20ClN7O. The molecule has 0 spiro atoms. The third kappa shape index (κ3) is 3.52. The predicted octanol–water partition coefficient (Wildman–Crippen LogP) is 4.50. The number of fused-ring (bicyclic) bond motifs is 2. The van der Waals surface area contributed by atoms with Gasteiger partial charge in [0.1, 0.15) is 5.15 Å².